The molecule has 72 heavy (non-hydrogen) atoms. The fourth-order valence-corrected chi connectivity index (χ4v) is 9.95. The second-order valence-electron chi connectivity index (χ2n) is 20.9. The summed E-state index contributed by atoms with van der Waals surface area (Å²) in [4.78, 5) is 116. The Morgan fingerprint density at radius 3 is 2.03 bits per heavy atom. The molecule has 0 bridgehead atoms. The lowest BCUT2D eigenvalue weighted by Gasteiger charge is -2.49. The summed E-state index contributed by atoms with van der Waals surface area (Å²) in [7, 11) is 1.33. The number of nitrogens with one attached hydrogen (secondary N) is 4. The summed E-state index contributed by atoms with van der Waals surface area (Å²) in [5, 5.41) is 54.6. The molecule has 4 fully saturated rings. The molecule has 2 unspecified atom stereocenters. The van der Waals surface area contributed by atoms with Gasteiger partial charge in [-0.1, -0.05) is 60.6 Å². The number of likely N-dealkylation sites (N-methyl/N-ethyl adjacent to an activating group) is 1. The zero-order chi connectivity index (χ0) is 54.3. The second-order valence-corrected chi connectivity index (χ2v) is 20.9. The molecule has 0 aromatic carbocycles. The Kier molecular flexibility index (Phi) is 20.7. The van der Waals surface area contributed by atoms with Gasteiger partial charge in [-0.2, -0.15) is 0 Å². The number of Topliss-reactive ketones (excluding diaryl/α,β-unsaturated/α-hetero) is 1. The molecule has 4 aliphatic heterocycles. The standard InChI is InChI=1S/C50H82N8O14/c1-14-28(7)39(60)30(9)25-31(10)41-29(8)20-21-50(69,72-41)49(68,15-2)48(67)54-38-40(27(5)6)71-47(66)37(33(12)59)53-42(61)34-18-16-22-51-56(34)44(63)36(24-26(3)4)55(13)43(62)32(11)58(70)45(64)35-19-17-23-52-57(35)46(38)65/h14,25-27,29-30,32-38,40-41,51-52,59,68-70H,15-24H2,1-13H3,(H,53,61)(H,54,67)/b28-14+,31-25+/t29-,30-,32-,33-,34-,35+,36?,37?,38-,40-,41-,49-,50+/m0/s1. The first-order chi connectivity index (χ1) is 33.6. The first kappa shape index (κ1) is 59.7. The van der Waals surface area contributed by atoms with Gasteiger partial charge in [0, 0.05) is 32.5 Å². The molecule has 4 saturated heterocycles. The molecular formula is C50H82N8O14. The molecule has 4 heterocycles. The molecule has 22 nitrogen and oxygen atoms in total. The molecule has 6 amide bonds. The predicted molar refractivity (Wildman–Crippen MR) is 261 cm³/mol. The normalized spacial score (nSPS) is 32.2. The van der Waals surface area contributed by atoms with Crippen LogP contribution in [0.1, 0.15) is 134 Å². The highest BCUT2D eigenvalue weighted by Crippen LogP contribution is 2.42. The number of aliphatic hydroxyl groups is 3. The Labute approximate surface area is 423 Å². The summed E-state index contributed by atoms with van der Waals surface area (Å²) in [6.45, 7) is 19.7. The van der Waals surface area contributed by atoms with E-state index in [2.05, 4.69) is 21.5 Å². The summed E-state index contributed by atoms with van der Waals surface area (Å²) in [6, 6.07) is -9.45. The Morgan fingerprint density at radius 2 is 1.49 bits per heavy atom. The van der Waals surface area contributed by atoms with Gasteiger partial charge in [-0.15, -0.1) is 0 Å². The van der Waals surface area contributed by atoms with Crippen molar-refractivity contribution in [3.05, 3.63) is 23.3 Å². The van der Waals surface area contributed by atoms with Crippen LogP contribution in [0.15, 0.2) is 23.3 Å². The molecule has 0 aliphatic carbocycles. The van der Waals surface area contributed by atoms with E-state index in [1.54, 1.807) is 53.7 Å². The summed E-state index contributed by atoms with van der Waals surface area (Å²) >= 11 is 0. The number of hydrogen-bond acceptors (Lipinski definition) is 16. The second kappa shape index (κ2) is 24.9. The summed E-state index contributed by atoms with van der Waals surface area (Å²) in [5.74, 6) is -11.8. The smallest absolute Gasteiger partial charge is 0.331 e. The lowest BCUT2D eigenvalue weighted by molar-refractivity contribution is -0.325. The summed E-state index contributed by atoms with van der Waals surface area (Å²) in [6.07, 6.45) is -0.440. The number of nitrogens with zero attached hydrogens (tertiary/aromatic N) is 4. The van der Waals surface area contributed by atoms with E-state index >= 15 is 4.79 Å². The van der Waals surface area contributed by atoms with Crippen molar-refractivity contribution in [2.45, 2.75) is 200 Å². The van der Waals surface area contributed by atoms with Crippen molar-refractivity contribution < 1.29 is 68.4 Å². The van der Waals surface area contributed by atoms with Crippen molar-refractivity contribution in [2.24, 2.45) is 23.7 Å². The number of cyclic esters (lactones) is 1. The number of hydrogen-bond donors (Lipinski definition) is 8. The van der Waals surface area contributed by atoms with Crippen LogP contribution in [0.3, 0.4) is 0 Å². The number of esters is 1. The van der Waals surface area contributed by atoms with Crippen LogP contribution in [-0.4, -0.2) is 174 Å². The predicted octanol–water partition coefficient (Wildman–Crippen LogP) is 1.15. The number of amides is 6. The number of ether oxygens (including phenoxy) is 2. The van der Waals surface area contributed by atoms with Crippen LogP contribution in [0.25, 0.3) is 0 Å². The highest BCUT2D eigenvalue weighted by atomic mass is 16.7. The van der Waals surface area contributed by atoms with Crippen LogP contribution in [0.2, 0.25) is 0 Å². The average Bonchev–Trinajstić information content (AvgIpc) is 3.35. The summed E-state index contributed by atoms with van der Waals surface area (Å²) in [5.41, 5.74) is 4.10. The fraction of sp³-hybridized carbons (Fsp3) is 0.760. The van der Waals surface area contributed by atoms with Gasteiger partial charge in [0.05, 0.1) is 12.2 Å². The van der Waals surface area contributed by atoms with E-state index in [4.69, 9.17) is 9.47 Å². The number of hydrazine groups is 2. The molecule has 406 valence electrons. The lowest BCUT2D eigenvalue weighted by atomic mass is 9.78. The lowest BCUT2D eigenvalue weighted by Crippen LogP contribution is -2.71. The van der Waals surface area contributed by atoms with E-state index in [0.29, 0.717) is 17.6 Å². The molecule has 0 aromatic heterocycles. The number of fused-ring (bicyclic) bond motifs is 2. The van der Waals surface area contributed by atoms with Crippen molar-refractivity contribution >= 4 is 47.2 Å². The molecule has 4 aliphatic rings. The van der Waals surface area contributed by atoms with Crippen LogP contribution < -0.4 is 21.5 Å². The van der Waals surface area contributed by atoms with Gasteiger partial charge in [0.25, 0.3) is 23.6 Å². The molecule has 13 atom stereocenters. The molecule has 4 rings (SSSR count). The topological polar surface area (TPSA) is 297 Å². The molecule has 0 spiro atoms. The Hall–Kier alpha value is -4.84. The highest BCUT2D eigenvalue weighted by Gasteiger charge is 2.59. The van der Waals surface area contributed by atoms with Crippen LogP contribution >= 0.6 is 0 Å². The number of carbonyl (C=O) groups excluding carboxylic acids is 8. The van der Waals surface area contributed by atoms with Crippen molar-refractivity contribution in [3.8, 4) is 0 Å². The van der Waals surface area contributed by atoms with Gasteiger partial charge in [0.1, 0.15) is 36.3 Å². The minimum atomic E-state index is -2.81. The SMILES string of the molecule is C/C=C(\C)C(=O)[C@@H](C)/C=C(\C)[C@H]1O[C@@](O)([C@](O)(CC)C(=O)N[C@@H]2C(=O)N3NCCC[C@@H]3C(=O)N(O)[C@@H](C)C(=O)N(C)C(CC(C)C)C(=O)N3NCCC[C@H]3C(=O)NC([C@H](C)O)C(=O)O[C@H]2C(C)C)CC[C@@H]1C. The van der Waals surface area contributed by atoms with Gasteiger partial charge in [-0.25, -0.2) is 20.7 Å². The van der Waals surface area contributed by atoms with E-state index in [-0.39, 0.29) is 74.3 Å². The van der Waals surface area contributed by atoms with E-state index < -0.39 is 126 Å². The largest absolute Gasteiger partial charge is 0.458 e. The zero-order valence-corrected chi connectivity index (χ0v) is 44.4. The third-order valence-electron chi connectivity index (χ3n) is 14.6. The Bertz CT molecular complexity index is 2080. The van der Waals surface area contributed by atoms with Gasteiger partial charge >= 0.3 is 5.97 Å². The van der Waals surface area contributed by atoms with Crippen molar-refractivity contribution in [2.75, 3.05) is 20.1 Å². The third kappa shape index (κ3) is 12.9. The number of carbonyl (C=O) groups is 8. The van der Waals surface area contributed by atoms with Crippen LogP contribution in [0.4, 0.5) is 0 Å². The van der Waals surface area contributed by atoms with Crippen LogP contribution in [-0.2, 0) is 47.8 Å². The van der Waals surface area contributed by atoms with E-state index in [1.807, 2.05) is 20.8 Å². The van der Waals surface area contributed by atoms with Crippen LogP contribution in [0, 0.1) is 23.7 Å². The number of hydroxylamine groups is 2. The summed E-state index contributed by atoms with van der Waals surface area (Å²) < 4.78 is 12.3. The minimum Gasteiger partial charge on any atom is -0.458 e. The van der Waals surface area contributed by atoms with E-state index in [9.17, 15) is 54.1 Å². The van der Waals surface area contributed by atoms with Crippen molar-refractivity contribution in [3.63, 3.8) is 0 Å². The first-order valence-electron chi connectivity index (χ1n) is 25.5. The molecule has 8 N–H and O–H groups in total. The number of allylic oxidation sites excluding steroid dienone is 3. The molecular weight excluding hydrogens is 937 g/mol. The molecule has 0 radical (unpaired) electrons. The molecule has 0 saturated carbocycles. The number of aliphatic hydroxyl groups excluding tert-OH is 1. The minimum absolute atomic E-state index is 0.0672. The monoisotopic (exact) mass is 1020 g/mol. The van der Waals surface area contributed by atoms with E-state index in [0.717, 1.165) is 14.9 Å². The van der Waals surface area contributed by atoms with Crippen molar-refractivity contribution in [1.29, 1.82) is 0 Å². The maximum atomic E-state index is 15.3. The average molecular weight is 1020 g/mol. The van der Waals surface area contributed by atoms with Gasteiger partial charge < -0.3 is 40.3 Å². The highest BCUT2D eigenvalue weighted by molar-refractivity contribution is 5.98. The third-order valence-corrected chi connectivity index (χ3v) is 14.6. The zero-order valence-electron chi connectivity index (χ0n) is 44.4. The van der Waals surface area contributed by atoms with E-state index in [1.165, 1.54) is 27.8 Å². The van der Waals surface area contributed by atoms with Gasteiger partial charge in [-0.3, -0.25) is 48.8 Å². The molecule has 0 aromatic rings. The maximum absolute atomic E-state index is 15.3. The van der Waals surface area contributed by atoms with Gasteiger partial charge in [0.2, 0.25) is 17.6 Å². The number of ketones is 1. The Morgan fingerprint density at radius 1 is 0.903 bits per heavy atom. The molecule has 22 heteroatoms. The Balaban J connectivity index is 1.87. The quantitative estimate of drug-likeness (QED) is 0.0589. The van der Waals surface area contributed by atoms with Gasteiger partial charge in [-0.05, 0) is 108 Å². The maximum Gasteiger partial charge on any atom is 0.331 e. The fourth-order valence-electron chi connectivity index (χ4n) is 9.95. The van der Waals surface area contributed by atoms with Gasteiger partial charge in [0.15, 0.2) is 17.4 Å². The first-order valence-corrected chi connectivity index (χ1v) is 25.5. The van der Waals surface area contributed by atoms with Crippen LogP contribution in [0.5, 0.6) is 0 Å². The van der Waals surface area contributed by atoms with Crippen molar-refractivity contribution in [1.82, 2.24) is 41.5 Å². The number of rotatable bonds is 12.